The van der Waals surface area contributed by atoms with E-state index in [0.29, 0.717) is 29.9 Å². The van der Waals surface area contributed by atoms with Crippen LogP contribution in [0.3, 0.4) is 0 Å². The number of pyridine rings is 3. The summed E-state index contributed by atoms with van der Waals surface area (Å²) in [6.07, 6.45) is 2.87. The number of nitro benzene ring substituents is 2. The molecule has 5 rings (SSSR count). The molecule has 0 bridgehead atoms. The first kappa shape index (κ1) is 16.9. The monoisotopic (exact) mass is 389 g/mol. The van der Waals surface area contributed by atoms with Crippen LogP contribution < -0.4 is 0 Å². The minimum absolute atomic E-state index is 0.0548. The van der Waals surface area contributed by atoms with Gasteiger partial charge in [0.15, 0.2) is 5.65 Å². The lowest BCUT2D eigenvalue weighted by atomic mass is 9.90. The average molecular weight is 389 g/mol. The van der Waals surface area contributed by atoms with Crippen molar-refractivity contribution in [3.05, 3.63) is 67.9 Å². The number of rotatable bonds is 2. The Labute approximate surface area is 161 Å². The molecule has 142 valence electrons. The Bertz CT molecular complexity index is 1390. The van der Waals surface area contributed by atoms with Gasteiger partial charge in [0.1, 0.15) is 5.52 Å². The molecule has 1 aliphatic carbocycles. The van der Waals surface area contributed by atoms with Crippen molar-refractivity contribution in [3.8, 4) is 17.1 Å². The van der Waals surface area contributed by atoms with Crippen molar-refractivity contribution < 1.29 is 15.0 Å². The van der Waals surface area contributed by atoms with E-state index in [0.717, 1.165) is 22.6 Å². The Morgan fingerprint density at radius 3 is 2.34 bits per heavy atom. The summed E-state index contributed by atoms with van der Waals surface area (Å²) in [5.74, 6) is -0.704. The van der Waals surface area contributed by atoms with E-state index in [9.17, 15) is 25.3 Å². The van der Waals surface area contributed by atoms with Crippen molar-refractivity contribution in [1.82, 2.24) is 15.0 Å². The number of nitro groups is 2. The fourth-order valence-electron chi connectivity index (χ4n) is 3.73. The molecular weight excluding hydrogens is 378 g/mol. The summed E-state index contributed by atoms with van der Waals surface area (Å²) in [5.41, 5.74) is 1.76. The molecule has 4 aromatic rings. The number of aromatic hydroxyl groups is 1. The van der Waals surface area contributed by atoms with Gasteiger partial charge in [0, 0.05) is 11.6 Å². The molecule has 0 saturated carbocycles. The summed E-state index contributed by atoms with van der Waals surface area (Å²) in [6, 6.07) is 8.01. The molecular formula is C19H11N5O5. The van der Waals surface area contributed by atoms with E-state index in [-0.39, 0.29) is 10.9 Å². The summed E-state index contributed by atoms with van der Waals surface area (Å²) >= 11 is 0. The molecule has 0 aliphatic heterocycles. The maximum atomic E-state index is 11.5. The molecule has 10 heteroatoms. The molecule has 1 aliphatic rings. The number of aryl methyl sites for hydroxylation is 2. The molecule has 1 N–H and O–H groups in total. The first-order valence-corrected chi connectivity index (χ1v) is 8.67. The zero-order valence-corrected chi connectivity index (χ0v) is 14.7. The van der Waals surface area contributed by atoms with E-state index in [1.165, 1.54) is 0 Å². The van der Waals surface area contributed by atoms with Gasteiger partial charge < -0.3 is 5.11 Å². The maximum absolute atomic E-state index is 11.5. The van der Waals surface area contributed by atoms with E-state index in [4.69, 9.17) is 0 Å². The Hall–Kier alpha value is -4.21. The van der Waals surface area contributed by atoms with E-state index in [1.807, 2.05) is 18.2 Å². The number of aromatic nitrogens is 3. The van der Waals surface area contributed by atoms with Crippen molar-refractivity contribution in [2.75, 3.05) is 0 Å². The molecule has 0 spiro atoms. The van der Waals surface area contributed by atoms with Crippen molar-refractivity contribution in [3.63, 3.8) is 0 Å². The lowest BCUT2D eigenvalue weighted by Gasteiger charge is -2.19. The molecule has 0 radical (unpaired) electrons. The Morgan fingerprint density at radius 2 is 1.62 bits per heavy atom. The lowest BCUT2D eigenvalue weighted by Crippen LogP contribution is -2.09. The zero-order chi connectivity index (χ0) is 20.3. The fraction of sp³-hybridized carbons (Fsp3) is 0.105. The second-order valence-electron chi connectivity index (χ2n) is 6.72. The predicted octanol–water partition coefficient (Wildman–Crippen LogP) is 3.47. The van der Waals surface area contributed by atoms with E-state index >= 15 is 0 Å². The number of non-ortho nitro benzene ring substituents is 1. The van der Waals surface area contributed by atoms with Crippen LogP contribution in [0.4, 0.5) is 11.4 Å². The van der Waals surface area contributed by atoms with Gasteiger partial charge in [-0.05, 0) is 48.2 Å². The van der Waals surface area contributed by atoms with Crippen LogP contribution in [0.1, 0.15) is 11.1 Å². The van der Waals surface area contributed by atoms with E-state index < -0.39 is 27.0 Å². The molecule has 0 saturated heterocycles. The summed E-state index contributed by atoms with van der Waals surface area (Å²) < 4.78 is 0. The SMILES string of the molecule is O=[N+]([O-])c1cc([N+](=O)[O-])c2cc3c(nc2c1O)-c1nc2ncccc2cc1CC3. The Morgan fingerprint density at radius 1 is 0.931 bits per heavy atom. The number of phenolic OH excluding ortho intramolecular Hbond substituents is 1. The van der Waals surface area contributed by atoms with Gasteiger partial charge in [-0.25, -0.2) is 15.0 Å². The first-order valence-electron chi connectivity index (χ1n) is 8.67. The van der Waals surface area contributed by atoms with Gasteiger partial charge in [0.2, 0.25) is 5.75 Å². The quantitative estimate of drug-likeness (QED) is 0.405. The molecule has 0 atom stereocenters. The van der Waals surface area contributed by atoms with Crippen LogP contribution in [-0.4, -0.2) is 29.9 Å². The van der Waals surface area contributed by atoms with Gasteiger partial charge in [-0.2, -0.15) is 0 Å². The molecule has 1 aromatic carbocycles. The molecule has 0 fully saturated rings. The average Bonchev–Trinajstić information content (AvgIpc) is 2.71. The topological polar surface area (TPSA) is 145 Å². The standard InChI is InChI=1S/C19H11N5O5/c25-18-14(24(28)29)8-13(23(26)27)12-7-10-4-3-9-6-11-2-1-5-20-19(11)22-16(9)15(10)21-17(12)18/h1-2,5-8,25H,3-4H2. The van der Waals surface area contributed by atoms with Crippen LogP contribution >= 0.6 is 0 Å². The van der Waals surface area contributed by atoms with Crippen LogP contribution in [0.5, 0.6) is 5.75 Å². The minimum atomic E-state index is -0.869. The molecule has 0 amide bonds. The molecule has 29 heavy (non-hydrogen) atoms. The predicted molar refractivity (Wildman–Crippen MR) is 103 cm³/mol. The summed E-state index contributed by atoms with van der Waals surface area (Å²) in [6.45, 7) is 0. The third kappa shape index (κ3) is 2.46. The third-order valence-corrected chi connectivity index (χ3v) is 5.07. The Kier molecular flexibility index (Phi) is 3.44. The Balaban J connectivity index is 1.86. The third-order valence-electron chi connectivity index (χ3n) is 5.07. The van der Waals surface area contributed by atoms with Gasteiger partial charge >= 0.3 is 5.69 Å². The number of hydrogen-bond acceptors (Lipinski definition) is 8. The maximum Gasteiger partial charge on any atom is 0.319 e. The van der Waals surface area contributed by atoms with Gasteiger partial charge in [0.25, 0.3) is 5.69 Å². The fourth-order valence-corrected chi connectivity index (χ4v) is 3.73. The normalized spacial score (nSPS) is 12.6. The van der Waals surface area contributed by atoms with Gasteiger partial charge in [-0.15, -0.1) is 0 Å². The lowest BCUT2D eigenvalue weighted by molar-refractivity contribution is -0.393. The van der Waals surface area contributed by atoms with E-state index in [1.54, 1.807) is 12.3 Å². The zero-order valence-electron chi connectivity index (χ0n) is 14.7. The van der Waals surface area contributed by atoms with Crippen molar-refractivity contribution in [2.45, 2.75) is 12.8 Å². The van der Waals surface area contributed by atoms with Crippen molar-refractivity contribution in [1.29, 1.82) is 0 Å². The van der Waals surface area contributed by atoms with Crippen molar-refractivity contribution >= 4 is 33.3 Å². The van der Waals surface area contributed by atoms with Gasteiger partial charge in [-0.1, -0.05) is 0 Å². The second-order valence-corrected chi connectivity index (χ2v) is 6.72. The van der Waals surface area contributed by atoms with Crippen LogP contribution in [0.15, 0.2) is 36.5 Å². The number of benzene rings is 1. The van der Waals surface area contributed by atoms with E-state index in [2.05, 4.69) is 15.0 Å². The van der Waals surface area contributed by atoms with Crippen LogP contribution in [0.25, 0.3) is 33.3 Å². The van der Waals surface area contributed by atoms with Crippen LogP contribution in [0, 0.1) is 20.2 Å². The highest BCUT2D eigenvalue weighted by atomic mass is 16.6. The highest BCUT2D eigenvalue weighted by Gasteiger charge is 2.29. The largest absolute Gasteiger partial charge is 0.501 e. The first-order chi connectivity index (χ1) is 13.9. The smallest absolute Gasteiger partial charge is 0.319 e. The highest BCUT2D eigenvalue weighted by Crippen LogP contribution is 2.42. The second kappa shape index (κ2) is 5.89. The highest BCUT2D eigenvalue weighted by molar-refractivity contribution is 5.98. The molecule has 10 nitrogen and oxygen atoms in total. The summed E-state index contributed by atoms with van der Waals surface area (Å²) in [4.78, 5) is 34.4. The number of hydrogen-bond donors (Lipinski definition) is 1. The number of fused-ring (bicyclic) bond motifs is 5. The molecule has 3 heterocycles. The minimum Gasteiger partial charge on any atom is -0.501 e. The number of phenols is 1. The summed E-state index contributed by atoms with van der Waals surface area (Å²) in [5, 5.41) is 34.0. The van der Waals surface area contributed by atoms with Gasteiger partial charge in [-0.3, -0.25) is 20.2 Å². The van der Waals surface area contributed by atoms with Crippen LogP contribution in [0.2, 0.25) is 0 Å². The van der Waals surface area contributed by atoms with Gasteiger partial charge in [0.05, 0.1) is 32.7 Å². The van der Waals surface area contributed by atoms with Crippen molar-refractivity contribution in [2.24, 2.45) is 0 Å². The number of nitrogens with zero attached hydrogens (tertiary/aromatic N) is 5. The molecule has 3 aromatic heterocycles. The van der Waals surface area contributed by atoms with Crippen LogP contribution in [-0.2, 0) is 12.8 Å². The summed E-state index contributed by atoms with van der Waals surface area (Å²) in [7, 11) is 0. The molecule has 0 unspecified atom stereocenters.